The SMILES string of the molecule is N[C@@H]1CCN(CCN[C@@H]2C[C@H]2c2ccc(-c3cc(Cl)cc(Cl)c3)cc2)C1. The molecule has 0 radical (unpaired) electrons. The summed E-state index contributed by atoms with van der Waals surface area (Å²) in [5.74, 6) is 0.632. The summed E-state index contributed by atoms with van der Waals surface area (Å²) in [4.78, 5) is 2.46. The largest absolute Gasteiger partial charge is 0.326 e. The standard InChI is InChI=1S/C21H25Cl2N3/c22-17-9-16(10-18(23)11-17)14-1-3-15(4-2-14)20-12-21(20)25-6-8-26-7-5-19(24)13-26/h1-4,9-11,19-21,25H,5-8,12-13,24H2/t19-,20+,21-/m1/s1. The highest BCUT2D eigenvalue weighted by atomic mass is 35.5. The summed E-state index contributed by atoms with van der Waals surface area (Å²) in [5.41, 5.74) is 9.57. The first-order chi connectivity index (χ1) is 12.6. The van der Waals surface area contributed by atoms with Crippen molar-refractivity contribution < 1.29 is 0 Å². The molecule has 5 heteroatoms. The topological polar surface area (TPSA) is 41.3 Å². The Hall–Kier alpha value is -1.10. The maximum absolute atomic E-state index is 6.11. The van der Waals surface area contributed by atoms with Crippen molar-refractivity contribution in [1.82, 2.24) is 10.2 Å². The minimum absolute atomic E-state index is 0.372. The molecule has 26 heavy (non-hydrogen) atoms. The van der Waals surface area contributed by atoms with Gasteiger partial charge in [-0.15, -0.1) is 0 Å². The van der Waals surface area contributed by atoms with Crippen molar-refractivity contribution in [2.24, 2.45) is 5.73 Å². The fourth-order valence-electron chi connectivity index (χ4n) is 3.91. The third-order valence-electron chi connectivity index (χ3n) is 5.47. The molecule has 3 N–H and O–H groups in total. The van der Waals surface area contributed by atoms with Crippen LogP contribution < -0.4 is 11.1 Å². The van der Waals surface area contributed by atoms with Crippen LogP contribution in [0.2, 0.25) is 10.0 Å². The van der Waals surface area contributed by atoms with E-state index in [9.17, 15) is 0 Å². The summed E-state index contributed by atoms with van der Waals surface area (Å²) in [7, 11) is 0. The van der Waals surface area contributed by atoms with E-state index in [1.165, 1.54) is 12.0 Å². The van der Waals surface area contributed by atoms with Gasteiger partial charge >= 0.3 is 0 Å². The molecule has 0 unspecified atom stereocenters. The molecule has 1 aliphatic carbocycles. The van der Waals surface area contributed by atoms with E-state index in [0.29, 0.717) is 28.0 Å². The van der Waals surface area contributed by atoms with E-state index in [-0.39, 0.29) is 0 Å². The third kappa shape index (κ3) is 4.41. The molecule has 2 aromatic carbocycles. The number of halogens is 2. The smallest absolute Gasteiger partial charge is 0.0426 e. The summed E-state index contributed by atoms with van der Waals surface area (Å²) in [5, 5.41) is 5.03. The monoisotopic (exact) mass is 389 g/mol. The van der Waals surface area contributed by atoms with Crippen LogP contribution in [-0.4, -0.2) is 43.2 Å². The zero-order valence-corrected chi connectivity index (χ0v) is 16.3. The van der Waals surface area contributed by atoms with Crippen LogP contribution in [0.25, 0.3) is 11.1 Å². The van der Waals surface area contributed by atoms with E-state index in [0.717, 1.165) is 43.7 Å². The molecule has 1 saturated carbocycles. The summed E-state index contributed by atoms with van der Waals surface area (Å²) >= 11 is 12.2. The highest BCUT2D eigenvalue weighted by molar-refractivity contribution is 6.35. The Balaban J connectivity index is 1.29. The van der Waals surface area contributed by atoms with Gasteiger partial charge in [-0.25, -0.2) is 0 Å². The van der Waals surface area contributed by atoms with Gasteiger partial charge in [0, 0.05) is 47.7 Å². The van der Waals surface area contributed by atoms with Gasteiger partial charge in [0.2, 0.25) is 0 Å². The number of likely N-dealkylation sites (tertiary alicyclic amines) is 1. The van der Waals surface area contributed by atoms with Gasteiger partial charge in [0.25, 0.3) is 0 Å². The lowest BCUT2D eigenvalue weighted by Gasteiger charge is -2.15. The van der Waals surface area contributed by atoms with Gasteiger partial charge in [0.05, 0.1) is 0 Å². The lowest BCUT2D eigenvalue weighted by molar-refractivity contribution is 0.331. The van der Waals surface area contributed by atoms with Crippen molar-refractivity contribution in [3.63, 3.8) is 0 Å². The molecule has 2 aliphatic rings. The van der Waals surface area contributed by atoms with Gasteiger partial charge < -0.3 is 16.0 Å². The van der Waals surface area contributed by atoms with Crippen LogP contribution in [0.5, 0.6) is 0 Å². The molecule has 0 spiro atoms. The molecule has 1 heterocycles. The van der Waals surface area contributed by atoms with Gasteiger partial charge in [0.15, 0.2) is 0 Å². The molecular formula is C21H25Cl2N3. The van der Waals surface area contributed by atoms with Crippen LogP contribution in [0.1, 0.15) is 24.3 Å². The van der Waals surface area contributed by atoms with Crippen molar-refractivity contribution >= 4 is 23.2 Å². The maximum atomic E-state index is 6.11. The van der Waals surface area contributed by atoms with E-state index < -0.39 is 0 Å². The molecule has 0 amide bonds. The first-order valence-electron chi connectivity index (χ1n) is 9.36. The average Bonchev–Trinajstić information content (AvgIpc) is 3.27. The first kappa shape index (κ1) is 18.3. The molecule has 1 saturated heterocycles. The van der Waals surface area contributed by atoms with Crippen LogP contribution in [0.15, 0.2) is 42.5 Å². The summed E-state index contributed by atoms with van der Waals surface area (Å²) in [6.45, 7) is 4.34. The number of nitrogens with zero attached hydrogens (tertiary/aromatic N) is 1. The molecule has 3 atom stereocenters. The lowest BCUT2D eigenvalue weighted by Crippen LogP contribution is -2.33. The Labute approximate surface area is 165 Å². The molecule has 2 fully saturated rings. The third-order valence-corrected chi connectivity index (χ3v) is 5.90. The molecular weight excluding hydrogens is 365 g/mol. The summed E-state index contributed by atoms with van der Waals surface area (Å²) in [6, 6.07) is 15.4. The highest BCUT2D eigenvalue weighted by Crippen LogP contribution is 2.41. The van der Waals surface area contributed by atoms with Crippen LogP contribution in [-0.2, 0) is 0 Å². The molecule has 138 valence electrons. The van der Waals surface area contributed by atoms with E-state index in [2.05, 4.69) is 34.5 Å². The zero-order chi connectivity index (χ0) is 18.1. The van der Waals surface area contributed by atoms with Gasteiger partial charge in [-0.1, -0.05) is 47.5 Å². The summed E-state index contributed by atoms with van der Waals surface area (Å²) < 4.78 is 0. The molecule has 3 nitrogen and oxygen atoms in total. The van der Waals surface area contributed by atoms with E-state index >= 15 is 0 Å². The predicted molar refractivity (Wildman–Crippen MR) is 110 cm³/mol. The van der Waals surface area contributed by atoms with Crippen molar-refractivity contribution in [3.05, 3.63) is 58.1 Å². The van der Waals surface area contributed by atoms with Crippen LogP contribution >= 0.6 is 23.2 Å². The number of benzene rings is 2. The van der Waals surface area contributed by atoms with Gasteiger partial charge in [-0.3, -0.25) is 0 Å². The van der Waals surface area contributed by atoms with Crippen molar-refractivity contribution in [1.29, 1.82) is 0 Å². The predicted octanol–water partition coefficient (Wildman–Crippen LogP) is 4.14. The van der Waals surface area contributed by atoms with Crippen LogP contribution in [0.3, 0.4) is 0 Å². The average molecular weight is 390 g/mol. The molecule has 2 aromatic rings. The zero-order valence-electron chi connectivity index (χ0n) is 14.8. The Morgan fingerprint density at radius 1 is 1.04 bits per heavy atom. The fourth-order valence-corrected chi connectivity index (χ4v) is 4.43. The number of hydrogen-bond acceptors (Lipinski definition) is 3. The maximum Gasteiger partial charge on any atom is 0.0426 e. The highest BCUT2D eigenvalue weighted by Gasteiger charge is 2.37. The van der Waals surface area contributed by atoms with E-state index in [1.54, 1.807) is 6.07 Å². The number of rotatable bonds is 6. The van der Waals surface area contributed by atoms with E-state index in [4.69, 9.17) is 28.9 Å². The van der Waals surface area contributed by atoms with Gasteiger partial charge in [-0.05, 0) is 54.3 Å². The lowest BCUT2D eigenvalue weighted by atomic mass is 10.0. The van der Waals surface area contributed by atoms with Crippen molar-refractivity contribution in [2.45, 2.75) is 30.8 Å². The van der Waals surface area contributed by atoms with E-state index in [1.807, 2.05) is 12.1 Å². The number of nitrogens with one attached hydrogen (secondary N) is 1. The minimum atomic E-state index is 0.372. The normalized spacial score (nSPS) is 25.6. The quantitative estimate of drug-likeness (QED) is 0.779. The summed E-state index contributed by atoms with van der Waals surface area (Å²) in [6.07, 6.45) is 2.36. The first-order valence-corrected chi connectivity index (χ1v) is 10.1. The minimum Gasteiger partial charge on any atom is -0.326 e. The molecule has 4 rings (SSSR count). The Bertz CT molecular complexity index is 742. The van der Waals surface area contributed by atoms with Crippen molar-refractivity contribution in [3.8, 4) is 11.1 Å². The fraction of sp³-hybridized carbons (Fsp3) is 0.429. The number of nitrogens with two attached hydrogens (primary N) is 1. The second kappa shape index (κ2) is 7.87. The van der Waals surface area contributed by atoms with Crippen molar-refractivity contribution in [2.75, 3.05) is 26.2 Å². The van der Waals surface area contributed by atoms with Crippen LogP contribution in [0, 0.1) is 0 Å². The van der Waals surface area contributed by atoms with Gasteiger partial charge in [0.1, 0.15) is 0 Å². The molecule has 1 aliphatic heterocycles. The second-order valence-electron chi connectivity index (χ2n) is 7.53. The Morgan fingerprint density at radius 3 is 2.42 bits per heavy atom. The van der Waals surface area contributed by atoms with Crippen LogP contribution in [0.4, 0.5) is 0 Å². The molecule has 0 aromatic heterocycles. The Kier molecular flexibility index (Phi) is 5.53. The Morgan fingerprint density at radius 2 is 1.77 bits per heavy atom. The van der Waals surface area contributed by atoms with Gasteiger partial charge in [-0.2, -0.15) is 0 Å². The second-order valence-corrected chi connectivity index (χ2v) is 8.41. The molecule has 0 bridgehead atoms. The number of hydrogen-bond donors (Lipinski definition) is 2.